The van der Waals surface area contributed by atoms with Gasteiger partial charge in [0, 0.05) is 17.9 Å². The van der Waals surface area contributed by atoms with Crippen LogP contribution in [0.25, 0.3) is 0 Å². The Bertz CT molecular complexity index is 1020. The Balaban J connectivity index is 1.69. The van der Waals surface area contributed by atoms with Crippen LogP contribution in [0.15, 0.2) is 48.5 Å². The molecule has 1 amide bonds. The molecule has 6 heteroatoms. The third-order valence-electron chi connectivity index (χ3n) is 4.81. The van der Waals surface area contributed by atoms with E-state index in [2.05, 4.69) is 20.6 Å². The van der Waals surface area contributed by atoms with Crippen molar-refractivity contribution in [1.29, 1.82) is 0 Å². The molecule has 0 saturated carbocycles. The Morgan fingerprint density at radius 2 is 1.83 bits per heavy atom. The number of hydrogen-bond donors (Lipinski definition) is 2. The van der Waals surface area contributed by atoms with Gasteiger partial charge in [-0.1, -0.05) is 30.3 Å². The summed E-state index contributed by atoms with van der Waals surface area (Å²) in [7, 11) is 1.66. The van der Waals surface area contributed by atoms with Crippen LogP contribution in [-0.2, 0) is 6.42 Å². The van der Waals surface area contributed by atoms with E-state index in [0.717, 1.165) is 40.2 Å². The van der Waals surface area contributed by atoms with Crippen molar-refractivity contribution in [3.63, 3.8) is 0 Å². The van der Waals surface area contributed by atoms with Crippen molar-refractivity contribution in [2.45, 2.75) is 27.2 Å². The van der Waals surface area contributed by atoms with Crippen LogP contribution in [0.1, 0.15) is 32.9 Å². The number of benzene rings is 2. The molecule has 2 aromatic carbocycles. The van der Waals surface area contributed by atoms with Crippen LogP contribution in [0.4, 0.5) is 11.6 Å². The van der Waals surface area contributed by atoms with Crippen LogP contribution in [-0.4, -0.2) is 29.5 Å². The first-order chi connectivity index (χ1) is 14.0. The van der Waals surface area contributed by atoms with Crippen LogP contribution in [0.3, 0.4) is 0 Å². The zero-order valence-electron chi connectivity index (χ0n) is 17.2. The second-order valence-corrected chi connectivity index (χ2v) is 6.91. The van der Waals surface area contributed by atoms with Crippen LogP contribution < -0.4 is 15.4 Å². The summed E-state index contributed by atoms with van der Waals surface area (Å²) in [5, 5.41) is 6.15. The van der Waals surface area contributed by atoms with E-state index < -0.39 is 0 Å². The fourth-order valence-electron chi connectivity index (χ4n) is 3.06. The number of aromatic nitrogens is 2. The largest absolute Gasteiger partial charge is 0.496 e. The molecule has 3 rings (SSSR count). The number of methoxy groups -OCH3 is 1. The summed E-state index contributed by atoms with van der Waals surface area (Å²) in [5.41, 5.74) is 5.12. The number of carbonyl (C=O) groups is 1. The van der Waals surface area contributed by atoms with Gasteiger partial charge in [-0.05, 0) is 62.1 Å². The molecule has 3 aromatic rings. The van der Waals surface area contributed by atoms with Gasteiger partial charge in [-0.3, -0.25) is 4.79 Å². The van der Waals surface area contributed by atoms with Gasteiger partial charge in [0.1, 0.15) is 11.4 Å². The molecule has 0 aliphatic heterocycles. The molecule has 6 nitrogen and oxygen atoms in total. The first kappa shape index (κ1) is 20.3. The quantitative estimate of drug-likeness (QED) is 0.628. The lowest BCUT2D eigenvalue weighted by Crippen LogP contribution is -2.17. The van der Waals surface area contributed by atoms with Crippen molar-refractivity contribution in [2.24, 2.45) is 0 Å². The summed E-state index contributed by atoms with van der Waals surface area (Å²) < 4.78 is 5.38. The van der Waals surface area contributed by atoms with Crippen LogP contribution in [0, 0.1) is 20.8 Å². The van der Waals surface area contributed by atoms with E-state index in [4.69, 9.17) is 4.74 Å². The van der Waals surface area contributed by atoms with Gasteiger partial charge in [-0.15, -0.1) is 0 Å². The number of rotatable bonds is 7. The summed E-state index contributed by atoms with van der Waals surface area (Å²) in [4.78, 5) is 21.5. The molecule has 0 spiro atoms. The first-order valence-corrected chi connectivity index (χ1v) is 9.57. The minimum absolute atomic E-state index is 0.253. The minimum Gasteiger partial charge on any atom is -0.496 e. The lowest BCUT2D eigenvalue weighted by Gasteiger charge is -2.12. The summed E-state index contributed by atoms with van der Waals surface area (Å²) in [6.45, 7) is 6.48. The molecule has 0 radical (unpaired) electrons. The van der Waals surface area contributed by atoms with Gasteiger partial charge in [0.2, 0.25) is 5.95 Å². The number of anilines is 2. The molecule has 0 aliphatic rings. The summed E-state index contributed by atoms with van der Waals surface area (Å²) in [6.07, 6.45) is 0.755. The SMILES string of the molecule is COc1ccccc1CCNc1nc(C)cc(C(=O)Nc2cccc(C)c2C)n1. The molecule has 0 fully saturated rings. The van der Waals surface area contributed by atoms with E-state index >= 15 is 0 Å². The number of nitrogens with one attached hydrogen (secondary N) is 2. The van der Waals surface area contributed by atoms with E-state index in [1.54, 1.807) is 13.2 Å². The molecular formula is C23H26N4O2. The fraction of sp³-hybridized carbons (Fsp3) is 0.261. The standard InChI is InChI=1S/C23H26N4O2/c1-15-8-7-10-19(17(15)3)26-22(28)20-14-16(2)25-23(27-20)24-13-12-18-9-5-6-11-21(18)29-4/h5-11,14H,12-13H2,1-4H3,(H,26,28)(H,24,25,27). The smallest absolute Gasteiger partial charge is 0.274 e. The normalized spacial score (nSPS) is 10.5. The van der Waals surface area contributed by atoms with Gasteiger partial charge in [0.15, 0.2) is 0 Å². The molecule has 29 heavy (non-hydrogen) atoms. The average Bonchev–Trinajstić information content (AvgIpc) is 2.71. The van der Waals surface area contributed by atoms with Crippen LogP contribution >= 0.6 is 0 Å². The molecular weight excluding hydrogens is 364 g/mol. The van der Waals surface area contributed by atoms with Gasteiger partial charge >= 0.3 is 0 Å². The Hall–Kier alpha value is -3.41. The highest BCUT2D eigenvalue weighted by Gasteiger charge is 2.13. The average molecular weight is 390 g/mol. The van der Waals surface area contributed by atoms with Gasteiger partial charge in [0.25, 0.3) is 5.91 Å². The molecule has 1 aromatic heterocycles. The topological polar surface area (TPSA) is 76.1 Å². The Morgan fingerprint density at radius 1 is 1.03 bits per heavy atom. The maximum Gasteiger partial charge on any atom is 0.274 e. The predicted octanol–water partition coefficient (Wildman–Crippen LogP) is 4.32. The Labute approximate surface area is 171 Å². The molecule has 0 atom stereocenters. The molecule has 2 N–H and O–H groups in total. The maximum atomic E-state index is 12.7. The second-order valence-electron chi connectivity index (χ2n) is 6.91. The van der Waals surface area contributed by atoms with Crippen molar-refractivity contribution in [3.05, 3.63) is 76.6 Å². The van der Waals surface area contributed by atoms with Crippen molar-refractivity contribution in [3.8, 4) is 5.75 Å². The Morgan fingerprint density at radius 3 is 2.62 bits per heavy atom. The van der Waals surface area contributed by atoms with E-state index in [-0.39, 0.29) is 5.91 Å². The van der Waals surface area contributed by atoms with Crippen LogP contribution in [0.5, 0.6) is 5.75 Å². The van der Waals surface area contributed by atoms with Gasteiger partial charge in [0.05, 0.1) is 7.11 Å². The fourth-order valence-corrected chi connectivity index (χ4v) is 3.06. The highest BCUT2D eigenvalue weighted by Crippen LogP contribution is 2.20. The number of amides is 1. The van der Waals surface area contributed by atoms with E-state index in [0.29, 0.717) is 18.2 Å². The third-order valence-corrected chi connectivity index (χ3v) is 4.81. The van der Waals surface area contributed by atoms with Crippen molar-refractivity contribution < 1.29 is 9.53 Å². The molecule has 0 aliphatic carbocycles. The lowest BCUT2D eigenvalue weighted by atomic mass is 10.1. The van der Waals surface area contributed by atoms with Gasteiger partial charge in [-0.2, -0.15) is 0 Å². The monoisotopic (exact) mass is 390 g/mol. The number of hydrogen-bond acceptors (Lipinski definition) is 5. The molecule has 150 valence electrons. The zero-order chi connectivity index (χ0) is 20.8. The number of para-hydroxylation sites is 1. The summed E-state index contributed by atoms with van der Waals surface area (Å²) in [5.74, 6) is 1.04. The number of aryl methyl sites for hydroxylation is 2. The number of nitrogens with zero attached hydrogens (tertiary/aromatic N) is 2. The van der Waals surface area contributed by atoms with E-state index in [1.165, 1.54) is 0 Å². The van der Waals surface area contributed by atoms with E-state index in [9.17, 15) is 4.79 Å². The predicted molar refractivity (Wildman–Crippen MR) is 116 cm³/mol. The molecule has 0 bridgehead atoms. The van der Waals surface area contributed by atoms with Crippen LogP contribution in [0.2, 0.25) is 0 Å². The minimum atomic E-state index is -0.253. The maximum absolute atomic E-state index is 12.7. The first-order valence-electron chi connectivity index (χ1n) is 9.57. The molecule has 0 saturated heterocycles. The van der Waals surface area contributed by atoms with Gasteiger partial charge < -0.3 is 15.4 Å². The van der Waals surface area contributed by atoms with Crippen molar-refractivity contribution in [2.75, 3.05) is 24.3 Å². The van der Waals surface area contributed by atoms with Crippen molar-refractivity contribution >= 4 is 17.5 Å². The highest BCUT2D eigenvalue weighted by molar-refractivity contribution is 6.03. The van der Waals surface area contributed by atoms with E-state index in [1.807, 2.05) is 63.2 Å². The second kappa shape index (κ2) is 9.19. The molecule has 1 heterocycles. The Kier molecular flexibility index (Phi) is 6.44. The summed E-state index contributed by atoms with van der Waals surface area (Å²) >= 11 is 0. The molecule has 0 unspecified atom stereocenters. The number of carbonyl (C=O) groups excluding carboxylic acids is 1. The summed E-state index contributed by atoms with van der Waals surface area (Å²) in [6, 6.07) is 15.4. The number of ether oxygens (including phenoxy) is 1. The third kappa shape index (κ3) is 5.10. The van der Waals surface area contributed by atoms with Gasteiger partial charge in [-0.25, -0.2) is 9.97 Å². The van der Waals surface area contributed by atoms with Crippen molar-refractivity contribution in [1.82, 2.24) is 9.97 Å². The zero-order valence-corrected chi connectivity index (χ0v) is 17.2. The highest BCUT2D eigenvalue weighted by atomic mass is 16.5. The lowest BCUT2D eigenvalue weighted by molar-refractivity contribution is 0.102.